The van der Waals surface area contributed by atoms with E-state index in [1.807, 2.05) is 0 Å². The van der Waals surface area contributed by atoms with Gasteiger partial charge >= 0.3 is 0 Å². The fourth-order valence-corrected chi connectivity index (χ4v) is 1.85. The Labute approximate surface area is 91.8 Å². The van der Waals surface area contributed by atoms with Gasteiger partial charge in [0.2, 0.25) is 5.92 Å². The van der Waals surface area contributed by atoms with E-state index in [0.29, 0.717) is 18.4 Å². The van der Waals surface area contributed by atoms with Gasteiger partial charge < -0.3 is 9.73 Å². The highest BCUT2D eigenvalue weighted by Gasteiger charge is 2.35. The molecular formula is C11H13F2NO2. The maximum atomic E-state index is 12.9. The molecule has 1 saturated carbocycles. The van der Waals surface area contributed by atoms with E-state index >= 15 is 0 Å². The van der Waals surface area contributed by atoms with Crippen LogP contribution in [-0.2, 0) is 0 Å². The highest BCUT2D eigenvalue weighted by molar-refractivity contribution is 5.93. The summed E-state index contributed by atoms with van der Waals surface area (Å²) in [6.07, 6.45) is 3.11. The summed E-state index contributed by atoms with van der Waals surface area (Å²) in [6.45, 7) is 0. The molecule has 0 atom stereocenters. The fourth-order valence-electron chi connectivity index (χ4n) is 1.85. The third-order valence-corrected chi connectivity index (χ3v) is 2.84. The molecule has 0 aliphatic heterocycles. The van der Waals surface area contributed by atoms with E-state index in [1.165, 1.54) is 12.5 Å². The number of halogens is 2. The third kappa shape index (κ3) is 2.59. The van der Waals surface area contributed by atoms with Gasteiger partial charge in [-0.05, 0) is 18.9 Å². The van der Waals surface area contributed by atoms with Crippen LogP contribution in [-0.4, -0.2) is 17.9 Å². The van der Waals surface area contributed by atoms with Crippen molar-refractivity contribution in [3.05, 3.63) is 24.2 Å². The Hall–Kier alpha value is -1.39. The smallest absolute Gasteiger partial charge is 0.254 e. The van der Waals surface area contributed by atoms with Gasteiger partial charge in [-0.25, -0.2) is 8.78 Å². The van der Waals surface area contributed by atoms with E-state index in [4.69, 9.17) is 4.42 Å². The molecule has 1 fully saturated rings. The first-order chi connectivity index (χ1) is 7.57. The van der Waals surface area contributed by atoms with Crippen LogP contribution in [0.3, 0.4) is 0 Å². The van der Waals surface area contributed by atoms with Crippen molar-refractivity contribution in [2.75, 3.05) is 0 Å². The predicted octanol–water partition coefficient (Wildman–Crippen LogP) is 2.59. The number of rotatable bonds is 2. The molecule has 16 heavy (non-hydrogen) atoms. The van der Waals surface area contributed by atoms with Crippen molar-refractivity contribution >= 4 is 5.91 Å². The SMILES string of the molecule is O=C(NC1CCC(F)(F)CC1)c1ccoc1. The van der Waals surface area contributed by atoms with Gasteiger partial charge in [-0.2, -0.15) is 0 Å². The summed E-state index contributed by atoms with van der Waals surface area (Å²) in [6, 6.07) is 1.40. The molecule has 0 bridgehead atoms. The summed E-state index contributed by atoms with van der Waals surface area (Å²) < 4.78 is 30.5. The van der Waals surface area contributed by atoms with Crippen LogP contribution in [0, 0.1) is 0 Å². The summed E-state index contributed by atoms with van der Waals surface area (Å²) in [4.78, 5) is 11.6. The molecule has 0 spiro atoms. The van der Waals surface area contributed by atoms with E-state index in [2.05, 4.69) is 5.32 Å². The maximum absolute atomic E-state index is 12.9. The van der Waals surface area contributed by atoms with E-state index in [-0.39, 0.29) is 24.8 Å². The van der Waals surface area contributed by atoms with Crippen LogP contribution in [0.2, 0.25) is 0 Å². The second kappa shape index (κ2) is 4.23. The lowest BCUT2D eigenvalue weighted by Crippen LogP contribution is -2.40. The zero-order chi connectivity index (χ0) is 11.6. The lowest BCUT2D eigenvalue weighted by Gasteiger charge is -2.28. The molecule has 0 unspecified atom stereocenters. The third-order valence-electron chi connectivity index (χ3n) is 2.84. The number of furan rings is 1. The second-order valence-corrected chi connectivity index (χ2v) is 4.12. The lowest BCUT2D eigenvalue weighted by atomic mass is 9.92. The van der Waals surface area contributed by atoms with Crippen LogP contribution in [0.25, 0.3) is 0 Å². The topological polar surface area (TPSA) is 42.2 Å². The standard InChI is InChI=1S/C11H13F2NO2/c12-11(13)4-1-9(2-5-11)14-10(15)8-3-6-16-7-8/h3,6-7,9H,1-2,4-5H2,(H,14,15). The van der Waals surface area contributed by atoms with Crippen molar-refractivity contribution in [1.29, 1.82) is 0 Å². The van der Waals surface area contributed by atoms with Gasteiger partial charge in [0, 0.05) is 18.9 Å². The molecule has 1 aromatic heterocycles. The number of carbonyl (C=O) groups is 1. The number of nitrogens with one attached hydrogen (secondary N) is 1. The average Bonchev–Trinajstić information content (AvgIpc) is 2.74. The van der Waals surface area contributed by atoms with Crippen LogP contribution < -0.4 is 5.32 Å². The van der Waals surface area contributed by atoms with Crippen LogP contribution >= 0.6 is 0 Å². The van der Waals surface area contributed by atoms with Gasteiger partial charge in [0.25, 0.3) is 5.91 Å². The number of hydrogen-bond donors (Lipinski definition) is 1. The summed E-state index contributed by atoms with van der Waals surface area (Å²) in [5, 5.41) is 2.73. The molecule has 1 N–H and O–H groups in total. The Balaban J connectivity index is 1.85. The van der Waals surface area contributed by atoms with Crippen molar-refractivity contribution < 1.29 is 18.0 Å². The van der Waals surface area contributed by atoms with Crippen molar-refractivity contribution in [3.8, 4) is 0 Å². The zero-order valence-corrected chi connectivity index (χ0v) is 8.71. The van der Waals surface area contributed by atoms with Gasteiger partial charge in [-0.1, -0.05) is 0 Å². The summed E-state index contributed by atoms with van der Waals surface area (Å²) in [7, 11) is 0. The summed E-state index contributed by atoms with van der Waals surface area (Å²) in [5.74, 6) is -2.82. The summed E-state index contributed by atoms with van der Waals surface area (Å²) >= 11 is 0. The monoisotopic (exact) mass is 229 g/mol. The molecule has 3 nitrogen and oxygen atoms in total. The molecule has 1 heterocycles. The average molecular weight is 229 g/mol. The van der Waals surface area contributed by atoms with Gasteiger partial charge in [-0.3, -0.25) is 4.79 Å². The van der Waals surface area contributed by atoms with Gasteiger partial charge in [0.1, 0.15) is 6.26 Å². The molecule has 1 aliphatic rings. The van der Waals surface area contributed by atoms with Gasteiger partial charge in [0.05, 0.1) is 11.8 Å². The minimum atomic E-state index is -2.56. The lowest BCUT2D eigenvalue weighted by molar-refractivity contribution is -0.0399. The van der Waals surface area contributed by atoms with Crippen LogP contribution in [0.15, 0.2) is 23.0 Å². The van der Waals surface area contributed by atoms with E-state index in [1.54, 1.807) is 6.07 Å². The minimum Gasteiger partial charge on any atom is -0.472 e. The number of alkyl halides is 2. The molecule has 1 aliphatic carbocycles. The Morgan fingerprint density at radius 3 is 2.69 bits per heavy atom. The Bertz CT molecular complexity index is 352. The Morgan fingerprint density at radius 2 is 2.12 bits per heavy atom. The van der Waals surface area contributed by atoms with E-state index < -0.39 is 5.92 Å². The van der Waals surface area contributed by atoms with E-state index in [9.17, 15) is 13.6 Å². The van der Waals surface area contributed by atoms with Crippen LogP contribution in [0.5, 0.6) is 0 Å². The molecule has 0 radical (unpaired) electrons. The molecule has 2 rings (SSSR count). The van der Waals surface area contributed by atoms with Crippen molar-refractivity contribution in [2.45, 2.75) is 37.6 Å². The Kier molecular flexibility index (Phi) is 2.94. The first-order valence-electron chi connectivity index (χ1n) is 5.28. The first kappa shape index (κ1) is 11.1. The van der Waals surface area contributed by atoms with Crippen molar-refractivity contribution in [2.24, 2.45) is 0 Å². The minimum absolute atomic E-state index is 0.149. The molecular weight excluding hydrogens is 216 g/mol. The quantitative estimate of drug-likeness (QED) is 0.846. The fraction of sp³-hybridized carbons (Fsp3) is 0.545. The molecule has 0 aromatic carbocycles. The Morgan fingerprint density at radius 1 is 1.44 bits per heavy atom. The van der Waals surface area contributed by atoms with Crippen LogP contribution in [0.4, 0.5) is 8.78 Å². The van der Waals surface area contributed by atoms with Gasteiger partial charge in [0.15, 0.2) is 0 Å². The molecule has 5 heteroatoms. The second-order valence-electron chi connectivity index (χ2n) is 4.12. The normalized spacial score (nSPS) is 20.6. The zero-order valence-electron chi connectivity index (χ0n) is 8.71. The van der Waals surface area contributed by atoms with Gasteiger partial charge in [-0.15, -0.1) is 0 Å². The van der Waals surface area contributed by atoms with Crippen LogP contribution in [0.1, 0.15) is 36.0 Å². The predicted molar refractivity (Wildman–Crippen MR) is 53.4 cm³/mol. The molecule has 1 amide bonds. The molecule has 88 valence electrons. The summed E-state index contributed by atoms with van der Waals surface area (Å²) in [5.41, 5.74) is 0.428. The first-order valence-corrected chi connectivity index (χ1v) is 5.28. The number of amides is 1. The van der Waals surface area contributed by atoms with Crippen molar-refractivity contribution in [3.63, 3.8) is 0 Å². The molecule has 1 aromatic rings. The number of hydrogen-bond acceptors (Lipinski definition) is 2. The highest BCUT2D eigenvalue weighted by atomic mass is 19.3. The van der Waals surface area contributed by atoms with E-state index in [0.717, 1.165) is 0 Å². The maximum Gasteiger partial charge on any atom is 0.254 e. The highest BCUT2D eigenvalue weighted by Crippen LogP contribution is 2.33. The largest absolute Gasteiger partial charge is 0.472 e. The van der Waals surface area contributed by atoms with Crippen molar-refractivity contribution in [1.82, 2.24) is 5.32 Å². The number of carbonyl (C=O) groups excluding carboxylic acids is 1. The molecule has 0 saturated heterocycles.